The normalized spacial score (nSPS) is 17.5. The van der Waals surface area contributed by atoms with E-state index in [0.29, 0.717) is 26.1 Å². The lowest BCUT2D eigenvalue weighted by atomic mass is 9.80. The third-order valence-electron chi connectivity index (χ3n) is 3.66. The number of carbonyl (C=O) groups excluding carboxylic acids is 1. The molecule has 19 heavy (non-hydrogen) atoms. The van der Waals surface area contributed by atoms with Crippen molar-refractivity contribution in [2.24, 2.45) is 5.41 Å². The number of nitrogens with zero attached hydrogens (tertiary/aromatic N) is 2. The van der Waals surface area contributed by atoms with Crippen molar-refractivity contribution in [2.75, 3.05) is 25.2 Å². The Morgan fingerprint density at radius 3 is 2.68 bits per heavy atom. The zero-order valence-electron chi connectivity index (χ0n) is 11.3. The van der Waals surface area contributed by atoms with Crippen molar-refractivity contribution in [1.82, 2.24) is 0 Å². The Bertz CT molecular complexity index is 513. The van der Waals surface area contributed by atoms with E-state index in [1.165, 1.54) is 0 Å². The van der Waals surface area contributed by atoms with E-state index in [1.54, 1.807) is 11.9 Å². The summed E-state index contributed by atoms with van der Waals surface area (Å²) in [6.45, 7) is 2.93. The maximum Gasteiger partial charge on any atom is 0.247 e. The van der Waals surface area contributed by atoms with E-state index in [9.17, 15) is 10.1 Å². The Balaban J connectivity index is 2.25. The molecule has 0 atom stereocenters. The molecule has 0 spiro atoms. The SMILES string of the molecule is Cc1cccc(N(C)C(=O)C2(C#N)CCOCC2)c1. The minimum atomic E-state index is -0.934. The minimum Gasteiger partial charge on any atom is -0.381 e. The Labute approximate surface area is 113 Å². The van der Waals surface area contributed by atoms with Gasteiger partial charge in [0.15, 0.2) is 0 Å². The first-order chi connectivity index (χ1) is 9.09. The predicted molar refractivity (Wildman–Crippen MR) is 72.7 cm³/mol. The molecular formula is C15H18N2O2. The highest BCUT2D eigenvalue weighted by atomic mass is 16.5. The Morgan fingerprint density at radius 2 is 2.11 bits per heavy atom. The van der Waals surface area contributed by atoms with Crippen LogP contribution in [0.3, 0.4) is 0 Å². The lowest BCUT2D eigenvalue weighted by molar-refractivity contribution is -0.129. The van der Waals surface area contributed by atoms with Crippen LogP contribution in [0.2, 0.25) is 0 Å². The van der Waals surface area contributed by atoms with Gasteiger partial charge in [-0.15, -0.1) is 0 Å². The van der Waals surface area contributed by atoms with Gasteiger partial charge >= 0.3 is 0 Å². The summed E-state index contributed by atoms with van der Waals surface area (Å²) >= 11 is 0. The second kappa shape index (κ2) is 5.41. The Kier molecular flexibility index (Phi) is 3.87. The van der Waals surface area contributed by atoms with Gasteiger partial charge in [-0.25, -0.2) is 0 Å². The molecule has 0 bridgehead atoms. The molecule has 1 aliphatic rings. The van der Waals surface area contributed by atoms with E-state index in [2.05, 4.69) is 6.07 Å². The van der Waals surface area contributed by atoms with Gasteiger partial charge in [-0.1, -0.05) is 12.1 Å². The van der Waals surface area contributed by atoms with Crippen LogP contribution >= 0.6 is 0 Å². The van der Waals surface area contributed by atoms with E-state index in [-0.39, 0.29) is 5.91 Å². The number of benzene rings is 1. The lowest BCUT2D eigenvalue weighted by Crippen LogP contribution is -2.44. The molecule has 1 heterocycles. The maximum atomic E-state index is 12.6. The summed E-state index contributed by atoms with van der Waals surface area (Å²) in [5, 5.41) is 9.41. The molecule has 1 amide bonds. The first kappa shape index (κ1) is 13.6. The number of aryl methyl sites for hydroxylation is 1. The molecule has 0 N–H and O–H groups in total. The molecule has 0 saturated carbocycles. The van der Waals surface area contributed by atoms with Gasteiger partial charge in [-0.05, 0) is 37.5 Å². The van der Waals surface area contributed by atoms with Gasteiger partial charge in [0.1, 0.15) is 5.41 Å². The van der Waals surface area contributed by atoms with Crippen molar-refractivity contribution < 1.29 is 9.53 Å². The molecule has 0 aliphatic carbocycles. The number of nitriles is 1. The number of amides is 1. The molecule has 4 heteroatoms. The zero-order chi connectivity index (χ0) is 13.9. The smallest absolute Gasteiger partial charge is 0.247 e. The molecule has 0 unspecified atom stereocenters. The van der Waals surface area contributed by atoms with Gasteiger partial charge in [-0.2, -0.15) is 5.26 Å². The summed E-state index contributed by atoms with van der Waals surface area (Å²) < 4.78 is 5.26. The maximum absolute atomic E-state index is 12.6. The second-order valence-electron chi connectivity index (χ2n) is 5.01. The highest BCUT2D eigenvalue weighted by Crippen LogP contribution is 2.33. The van der Waals surface area contributed by atoms with Crippen LogP contribution < -0.4 is 4.90 Å². The molecular weight excluding hydrogens is 240 g/mol. The Morgan fingerprint density at radius 1 is 1.42 bits per heavy atom. The quantitative estimate of drug-likeness (QED) is 0.817. The predicted octanol–water partition coefficient (Wildman–Crippen LogP) is 2.28. The van der Waals surface area contributed by atoms with Crippen LogP contribution in [0, 0.1) is 23.7 Å². The van der Waals surface area contributed by atoms with Crippen LogP contribution in [-0.2, 0) is 9.53 Å². The summed E-state index contributed by atoms with van der Waals surface area (Å²) in [5.74, 6) is -0.135. The molecule has 100 valence electrons. The van der Waals surface area contributed by atoms with Crippen molar-refractivity contribution >= 4 is 11.6 Å². The zero-order valence-corrected chi connectivity index (χ0v) is 11.3. The summed E-state index contributed by atoms with van der Waals surface area (Å²) in [4.78, 5) is 14.2. The van der Waals surface area contributed by atoms with Crippen LogP contribution in [0.5, 0.6) is 0 Å². The highest BCUT2D eigenvalue weighted by Gasteiger charge is 2.42. The minimum absolute atomic E-state index is 0.135. The third kappa shape index (κ3) is 2.61. The van der Waals surface area contributed by atoms with Crippen LogP contribution in [0.25, 0.3) is 0 Å². The number of carbonyl (C=O) groups is 1. The van der Waals surface area contributed by atoms with Crippen molar-refractivity contribution in [2.45, 2.75) is 19.8 Å². The van der Waals surface area contributed by atoms with Gasteiger partial charge < -0.3 is 9.64 Å². The van der Waals surface area contributed by atoms with Crippen molar-refractivity contribution in [3.63, 3.8) is 0 Å². The number of anilines is 1. The summed E-state index contributed by atoms with van der Waals surface area (Å²) in [5.41, 5.74) is 0.984. The third-order valence-corrected chi connectivity index (χ3v) is 3.66. The molecule has 0 aromatic heterocycles. The average molecular weight is 258 g/mol. The number of hydrogen-bond donors (Lipinski definition) is 0. The van der Waals surface area contributed by atoms with Gasteiger partial charge in [0.25, 0.3) is 0 Å². The summed E-state index contributed by atoms with van der Waals surface area (Å²) in [7, 11) is 1.73. The summed E-state index contributed by atoms with van der Waals surface area (Å²) in [6.07, 6.45) is 0.941. The lowest BCUT2D eigenvalue weighted by Gasteiger charge is -2.33. The molecule has 1 aromatic rings. The van der Waals surface area contributed by atoms with Crippen LogP contribution in [0.4, 0.5) is 5.69 Å². The second-order valence-corrected chi connectivity index (χ2v) is 5.01. The fourth-order valence-electron chi connectivity index (χ4n) is 2.37. The average Bonchev–Trinajstić information content (AvgIpc) is 2.46. The van der Waals surface area contributed by atoms with Gasteiger partial charge in [0, 0.05) is 25.9 Å². The molecule has 0 radical (unpaired) electrons. The monoisotopic (exact) mass is 258 g/mol. The number of rotatable bonds is 2. The molecule has 1 saturated heterocycles. The molecule has 1 aromatic carbocycles. The first-order valence-electron chi connectivity index (χ1n) is 6.43. The molecule has 1 aliphatic heterocycles. The van der Waals surface area contributed by atoms with Gasteiger partial charge in [0.05, 0.1) is 6.07 Å². The van der Waals surface area contributed by atoms with Crippen LogP contribution in [0.1, 0.15) is 18.4 Å². The fourth-order valence-corrected chi connectivity index (χ4v) is 2.37. The van der Waals surface area contributed by atoms with E-state index in [0.717, 1.165) is 11.3 Å². The van der Waals surface area contributed by atoms with E-state index in [1.807, 2.05) is 31.2 Å². The van der Waals surface area contributed by atoms with Crippen molar-refractivity contribution in [3.8, 4) is 6.07 Å². The number of hydrogen-bond acceptors (Lipinski definition) is 3. The van der Waals surface area contributed by atoms with E-state index >= 15 is 0 Å². The van der Waals surface area contributed by atoms with Gasteiger partial charge in [0.2, 0.25) is 5.91 Å². The number of ether oxygens (including phenoxy) is 1. The molecule has 4 nitrogen and oxygen atoms in total. The van der Waals surface area contributed by atoms with Crippen molar-refractivity contribution in [1.29, 1.82) is 5.26 Å². The molecule has 2 rings (SSSR count). The largest absolute Gasteiger partial charge is 0.381 e. The summed E-state index contributed by atoms with van der Waals surface area (Å²) in [6, 6.07) is 9.94. The topological polar surface area (TPSA) is 53.3 Å². The molecule has 1 fully saturated rings. The Hall–Kier alpha value is -1.86. The first-order valence-corrected chi connectivity index (χ1v) is 6.43. The van der Waals surface area contributed by atoms with E-state index < -0.39 is 5.41 Å². The standard InChI is InChI=1S/C15H18N2O2/c1-12-4-3-5-13(10-12)17(2)14(18)15(11-16)6-8-19-9-7-15/h3-5,10H,6-9H2,1-2H3. The van der Waals surface area contributed by atoms with E-state index in [4.69, 9.17) is 4.74 Å². The van der Waals surface area contributed by atoms with Crippen LogP contribution in [-0.4, -0.2) is 26.2 Å². The van der Waals surface area contributed by atoms with Crippen LogP contribution in [0.15, 0.2) is 24.3 Å². The highest BCUT2D eigenvalue weighted by molar-refractivity contribution is 5.99. The van der Waals surface area contributed by atoms with Crippen molar-refractivity contribution in [3.05, 3.63) is 29.8 Å². The van der Waals surface area contributed by atoms with Gasteiger partial charge in [-0.3, -0.25) is 4.79 Å². The fraction of sp³-hybridized carbons (Fsp3) is 0.467.